The van der Waals surface area contributed by atoms with E-state index in [4.69, 9.17) is 0 Å². The highest BCUT2D eigenvalue weighted by Crippen LogP contribution is 2.17. The minimum Gasteiger partial charge on any atom is -0.248 e. The van der Waals surface area contributed by atoms with Gasteiger partial charge in [0.15, 0.2) is 0 Å². The summed E-state index contributed by atoms with van der Waals surface area (Å²) in [6.45, 7) is 8.29. The summed E-state index contributed by atoms with van der Waals surface area (Å²) >= 11 is 0. The molecule has 0 radical (unpaired) electrons. The molecule has 0 saturated carbocycles. The van der Waals surface area contributed by atoms with Crippen LogP contribution in [0.5, 0.6) is 0 Å². The monoisotopic (exact) mass is 160 g/mol. The van der Waals surface area contributed by atoms with Crippen molar-refractivity contribution in [2.75, 3.05) is 0 Å². The van der Waals surface area contributed by atoms with Crippen molar-refractivity contribution < 1.29 is 4.39 Å². The average molecular weight is 160 g/mol. The van der Waals surface area contributed by atoms with Crippen LogP contribution >= 0.6 is 0 Å². The van der Waals surface area contributed by atoms with E-state index in [2.05, 4.69) is 20.8 Å². The van der Waals surface area contributed by atoms with Gasteiger partial charge in [-0.2, -0.15) is 0 Å². The lowest BCUT2D eigenvalue weighted by Crippen LogP contribution is -2.03. The van der Waals surface area contributed by atoms with Crippen LogP contribution in [-0.2, 0) is 0 Å². The van der Waals surface area contributed by atoms with Crippen LogP contribution in [0.1, 0.15) is 47.0 Å². The zero-order chi connectivity index (χ0) is 8.85. The summed E-state index contributed by atoms with van der Waals surface area (Å²) in [5, 5.41) is 0. The summed E-state index contributed by atoms with van der Waals surface area (Å²) in [4.78, 5) is 0. The van der Waals surface area contributed by atoms with E-state index in [-0.39, 0.29) is 0 Å². The molecule has 68 valence electrons. The lowest BCUT2D eigenvalue weighted by Gasteiger charge is -2.13. The van der Waals surface area contributed by atoms with E-state index < -0.39 is 6.17 Å². The van der Waals surface area contributed by atoms with Crippen molar-refractivity contribution in [2.24, 2.45) is 11.8 Å². The van der Waals surface area contributed by atoms with E-state index in [0.29, 0.717) is 5.92 Å². The Labute approximate surface area is 70.2 Å². The predicted octanol–water partition coefficient (Wildman–Crippen LogP) is 3.81. The van der Waals surface area contributed by atoms with E-state index >= 15 is 0 Å². The van der Waals surface area contributed by atoms with E-state index in [0.717, 1.165) is 18.8 Å². The maximum absolute atomic E-state index is 12.4. The molecule has 0 aliphatic carbocycles. The Bertz CT molecular complexity index is 86.9. The third kappa shape index (κ3) is 7.83. The maximum atomic E-state index is 12.4. The molecule has 0 aromatic carbocycles. The van der Waals surface area contributed by atoms with Crippen molar-refractivity contribution in [1.29, 1.82) is 0 Å². The van der Waals surface area contributed by atoms with Gasteiger partial charge in [-0.05, 0) is 38.0 Å². The maximum Gasteiger partial charge on any atom is 0.0973 e. The van der Waals surface area contributed by atoms with Gasteiger partial charge in [0.2, 0.25) is 0 Å². The van der Waals surface area contributed by atoms with Crippen LogP contribution in [0.15, 0.2) is 0 Å². The number of hydrogen-bond donors (Lipinski definition) is 0. The Hall–Kier alpha value is -0.0700. The van der Waals surface area contributed by atoms with Gasteiger partial charge >= 0.3 is 0 Å². The summed E-state index contributed by atoms with van der Waals surface area (Å²) in [6.07, 6.45) is 2.38. The fourth-order valence-corrected chi connectivity index (χ4v) is 1.44. The van der Waals surface area contributed by atoms with E-state index in [1.807, 2.05) is 0 Å². The minimum absolute atomic E-state index is 0.621. The van der Waals surface area contributed by atoms with E-state index in [9.17, 15) is 4.39 Å². The molecule has 0 heterocycles. The van der Waals surface area contributed by atoms with Crippen LogP contribution in [0.25, 0.3) is 0 Å². The van der Waals surface area contributed by atoms with Crippen LogP contribution in [0, 0.1) is 11.8 Å². The first kappa shape index (κ1) is 10.9. The van der Waals surface area contributed by atoms with Crippen LogP contribution < -0.4 is 0 Å². The van der Waals surface area contributed by atoms with Gasteiger partial charge in [-0.1, -0.05) is 20.8 Å². The number of hydrogen-bond acceptors (Lipinski definition) is 0. The number of alkyl halides is 1. The number of rotatable bonds is 5. The quantitative estimate of drug-likeness (QED) is 0.573. The van der Waals surface area contributed by atoms with Gasteiger partial charge in [0.1, 0.15) is 0 Å². The second kappa shape index (κ2) is 5.56. The second-order valence-corrected chi connectivity index (χ2v) is 4.09. The highest BCUT2D eigenvalue weighted by atomic mass is 19.1. The Kier molecular flexibility index (Phi) is 5.53. The van der Waals surface area contributed by atoms with Crippen LogP contribution in [0.3, 0.4) is 0 Å². The first-order valence-electron chi connectivity index (χ1n) is 4.66. The Morgan fingerprint density at radius 1 is 1.00 bits per heavy atom. The van der Waals surface area contributed by atoms with Crippen molar-refractivity contribution in [1.82, 2.24) is 0 Å². The average Bonchev–Trinajstić information content (AvgIpc) is 1.82. The fourth-order valence-electron chi connectivity index (χ4n) is 1.44. The van der Waals surface area contributed by atoms with Crippen molar-refractivity contribution in [3.8, 4) is 0 Å². The molecular formula is C10H21F. The molecule has 0 nitrogen and oxygen atoms in total. The normalized spacial score (nSPS) is 16.9. The molecule has 0 aromatic heterocycles. The third-order valence-corrected chi connectivity index (χ3v) is 1.93. The predicted molar refractivity (Wildman–Crippen MR) is 48.4 cm³/mol. The Balaban J connectivity index is 3.29. The second-order valence-electron chi connectivity index (χ2n) is 4.09. The van der Waals surface area contributed by atoms with Crippen LogP contribution in [0.2, 0.25) is 0 Å². The minimum atomic E-state index is -0.621. The third-order valence-electron chi connectivity index (χ3n) is 1.93. The van der Waals surface area contributed by atoms with Gasteiger partial charge in [-0.3, -0.25) is 0 Å². The van der Waals surface area contributed by atoms with Gasteiger partial charge < -0.3 is 0 Å². The molecule has 11 heavy (non-hydrogen) atoms. The smallest absolute Gasteiger partial charge is 0.0973 e. The molecule has 1 unspecified atom stereocenters. The molecule has 1 heteroatoms. The van der Waals surface area contributed by atoms with Crippen molar-refractivity contribution in [2.45, 2.75) is 53.1 Å². The van der Waals surface area contributed by atoms with Gasteiger partial charge in [0, 0.05) is 0 Å². The molecular weight excluding hydrogens is 139 g/mol. The van der Waals surface area contributed by atoms with Crippen molar-refractivity contribution in [3.63, 3.8) is 0 Å². The molecule has 0 aliphatic heterocycles. The summed E-state index contributed by atoms with van der Waals surface area (Å²) in [6, 6.07) is 0. The van der Waals surface area contributed by atoms with Crippen LogP contribution in [0.4, 0.5) is 4.39 Å². The molecule has 0 bridgehead atoms. The Morgan fingerprint density at radius 2 is 1.55 bits per heavy atom. The SMILES string of the molecule is CC(C)CC(C)CC[C@@H](C)F. The lowest BCUT2D eigenvalue weighted by atomic mass is 9.94. The number of halogens is 1. The van der Waals surface area contributed by atoms with Gasteiger partial charge in [-0.15, -0.1) is 0 Å². The topological polar surface area (TPSA) is 0 Å². The molecule has 2 atom stereocenters. The first-order valence-corrected chi connectivity index (χ1v) is 4.66. The standard InChI is InChI=1S/C10H21F/c1-8(2)7-9(3)5-6-10(4)11/h8-10H,5-7H2,1-4H3/t9?,10-/m1/s1. The lowest BCUT2D eigenvalue weighted by molar-refractivity contribution is 0.299. The zero-order valence-electron chi connectivity index (χ0n) is 8.23. The Morgan fingerprint density at radius 3 is 1.91 bits per heavy atom. The largest absolute Gasteiger partial charge is 0.248 e. The molecule has 0 spiro atoms. The van der Waals surface area contributed by atoms with Crippen molar-refractivity contribution in [3.05, 3.63) is 0 Å². The highest BCUT2D eigenvalue weighted by Gasteiger charge is 2.06. The molecule has 0 aromatic rings. The molecule has 0 N–H and O–H groups in total. The molecule has 0 saturated heterocycles. The molecule has 0 aliphatic rings. The fraction of sp³-hybridized carbons (Fsp3) is 1.00. The molecule has 0 rings (SSSR count). The summed E-state index contributed by atoms with van der Waals surface area (Å²) < 4.78 is 12.4. The van der Waals surface area contributed by atoms with Gasteiger partial charge in [0.25, 0.3) is 0 Å². The van der Waals surface area contributed by atoms with Crippen LogP contribution in [-0.4, -0.2) is 6.17 Å². The molecule has 0 fully saturated rings. The summed E-state index contributed by atoms with van der Waals surface area (Å²) in [5.74, 6) is 1.44. The summed E-state index contributed by atoms with van der Waals surface area (Å²) in [5.41, 5.74) is 0. The summed E-state index contributed by atoms with van der Waals surface area (Å²) in [7, 11) is 0. The zero-order valence-corrected chi connectivity index (χ0v) is 8.23. The van der Waals surface area contributed by atoms with Gasteiger partial charge in [0.05, 0.1) is 6.17 Å². The first-order chi connectivity index (χ1) is 5.02. The highest BCUT2D eigenvalue weighted by molar-refractivity contribution is 4.58. The molecule has 0 amide bonds. The van der Waals surface area contributed by atoms with Crippen molar-refractivity contribution >= 4 is 0 Å². The van der Waals surface area contributed by atoms with E-state index in [1.165, 1.54) is 6.42 Å². The van der Waals surface area contributed by atoms with E-state index in [1.54, 1.807) is 6.92 Å². The van der Waals surface area contributed by atoms with Gasteiger partial charge in [-0.25, -0.2) is 4.39 Å².